The first-order valence-electron chi connectivity index (χ1n) is 5.75. The van der Waals surface area contributed by atoms with Gasteiger partial charge < -0.3 is 5.32 Å². The molecule has 0 spiro atoms. The van der Waals surface area contributed by atoms with Crippen LogP contribution in [-0.4, -0.2) is 20.7 Å². The van der Waals surface area contributed by atoms with Gasteiger partial charge in [-0.15, -0.1) is 0 Å². The number of nitrogens with zero attached hydrogens (tertiary/aromatic N) is 3. The van der Waals surface area contributed by atoms with Gasteiger partial charge in [0.2, 0.25) is 5.95 Å². The molecular formula is C13H13FN4O. The fraction of sp³-hybridized carbons (Fsp3) is 0.231. The molecule has 0 aliphatic rings. The summed E-state index contributed by atoms with van der Waals surface area (Å²) < 4.78 is 12.6. The molecule has 19 heavy (non-hydrogen) atoms. The van der Waals surface area contributed by atoms with Gasteiger partial charge in [0.25, 0.3) is 0 Å². The van der Waals surface area contributed by atoms with Crippen LogP contribution >= 0.6 is 0 Å². The summed E-state index contributed by atoms with van der Waals surface area (Å²) in [5, 5.41) is 2.93. The number of anilines is 1. The van der Waals surface area contributed by atoms with Crippen molar-refractivity contribution in [3.8, 4) is 0 Å². The molecule has 0 aromatic carbocycles. The van der Waals surface area contributed by atoms with Crippen molar-refractivity contribution < 1.29 is 9.18 Å². The number of nitrogens with one attached hydrogen (secondary N) is 1. The van der Waals surface area contributed by atoms with Gasteiger partial charge in [-0.2, -0.15) is 0 Å². The molecule has 0 fully saturated rings. The largest absolute Gasteiger partial charge is 0.349 e. The van der Waals surface area contributed by atoms with E-state index in [1.807, 2.05) is 0 Å². The van der Waals surface area contributed by atoms with Gasteiger partial charge in [-0.25, -0.2) is 14.4 Å². The Morgan fingerprint density at radius 3 is 2.58 bits per heavy atom. The number of rotatable bonds is 4. The van der Waals surface area contributed by atoms with Crippen LogP contribution in [0, 0.1) is 12.7 Å². The number of hydrogen-bond donors (Lipinski definition) is 1. The van der Waals surface area contributed by atoms with Gasteiger partial charge in [-0.05, 0) is 26.0 Å². The minimum Gasteiger partial charge on any atom is -0.349 e. The third-order valence-corrected chi connectivity index (χ3v) is 2.57. The average Bonchev–Trinajstić information content (AvgIpc) is 2.37. The summed E-state index contributed by atoms with van der Waals surface area (Å²) >= 11 is 0. The van der Waals surface area contributed by atoms with E-state index in [4.69, 9.17) is 0 Å². The molecule has 0 amide bonds. The lowest BCUT2D eigenvalue weighted by atomic mass is 10.1. The molecule has 98 valence electrons. The molecule has 0 atom stereocenters. The number of halogens is 1. The van der Waals surface area contributed by atoms with E-state index in [0.29, 0.717) is 23.8 Å². The van der Waals surface area contributed by atoms with Gasteiger partial charge in [0, 0.05) is 11.3 Å². The van der Waals surface area contributed by atoms with Crippen LogP contribution in [0.1, 0.15) is 28.7 Å². The zero-order chi connectivity index (χ0) is 13.8. The van der Waals surface area contributed by atoms with E-state index in [-0.39, 0.29) is 5.78 Å². The number of hydrogen-bond acceptors (Lipinski definition) is 5. The molecule has 0 radical (unpaired) electrons. The number of carbonyl (C=O) groups is 1. The van der Waals surface area contributed by atoms with Gasteiger partial charge in [0.05, 0.1) is 24.6 Å². The second-order valence-corrected chi connectivity index (χ2v) is 4.07. The van der Waals surface area contributed by atoms with Crippen LogP contribution in [0.2, 0.25) is 0 Å². The van der Waals surface area contributed by atoms with Crippen LogP contribution in [0.5, 0.6) is 0 Å². The van der Waals surface area contributed by atoms with E-state index in [1.165, 1.54) is 6.92 Å². The number of carbonyl (C=O) groups excluding carboxylic acids is 1. The Balaban J connectivity index is 2.06. The van der Waals surface area contributed by atoms with Crippen molar-refractivity contribution in [1.82, 2.24) is 15.0 Å². The van der Waals surface area contributed by atoms with Gasteiger partial charge in [0.1, 0.15) is 0 Å². The number of aryl methyl sites for hydroxylation is 1. The van der Waals surface area contributed by atoms with Gasteiger partial charge >= 0.3 is 0 Å². The molecule has 2 rings (SSSR count). The maximum Gasteiger partial charge on any atom is 0.223 e. The highest BCUT2D eigenvalue weighted by atomic mass is 19.1. The van der Waals surface area contributed by atoms with Crippen LogP contribution in [0.15, 0.2) is 24.5 Å². The molecule has 2 aromatic rings. The minimum absolute atomic E-state index is 0.00798. The van der Waals surface area contributed by atoms with Gasteiger partial charge in [0.15, 0.2) is 11.6 Å². The molecule has 0 saturated heterocycles. The van der Waals surface area contributed by atoms with E-state index in [2.05, 4.69) is 20.3 Å². The first-order chi connectivity index (χ1) is 9.06. The van der Waals surface area contributed by atoms with E-state index < -0.39 is 5.82 Å². The highest BCUT2D eigenvalue weighted by Gasteiger charge is 2.06. The molecule has 0 aliphatic carbocycles. The average molecular weight is 260 g/mol. The van der Waals surface area contributed by atoms with Crippen molar-refractivity contribution in [2.24, 2.45) is 0 Å². The van der Waals surface area contributed by atoms with Crippen LogP contribution < -0.4 is 5.32 Å². The lowest BCUT2D eigenvalue weighted by Crippen LogP contribution is -2.07. The van der Waals surface area contributed by atoms with Crippen molar-refractivity contribution in [2.45, 2.75) is 20.4 Å². The van der Waals surface area contributed by atoms with E-state index in [0.717, 1.165) is 18.1 Å². The highest BCUT2D eigenvalue weighted by Crippen LogP contribution is 2.09. The predicted octanol–water partition coefficient (Wildman–Crippen LogP) is 2.13. The van der Waals surface area contributed by atoms with Crippen LogP contribution in [0.4, 0.5) is 10.3 Å². The minimum atomic E-state index is -0.481. The zero-order valence-electron chi connectivity index (χ0n) is 10.6. The zero-order valence-corrected chi connectivity index (χ0v) is 10.6. The Morgan fingerprint density at radius 1 is 1.32 bits per heavy atom. The summed E-state index contributed by atoms with van der Waals surface area (Å²) in [6.45, 7) is 3.70. The Morgan fingerprint density at radius 2 is 2.00 bits per heavy atom. The lowest BCUT2D eigenvalue weighted by molar-refractivity contribution is 0.101. The third kappa shape index (κ3) is 3.31. The van der Waals surface area contributed by atoms with Crippen LogP contribution in [0.3, 0.4) is 0 Å². The summed E-state index contributed by atoms with van der Waals surface area (Å²) in [5.41, 5.74) is 2.06. The number of aromatic nitrogens is 3. The predicted molar refractivity (Wildman–Crippen MR) is 68.3 cm³/mol. The summed E-state index contributed by atoms with van der Waals surface area (Å²) in [5.74, 6) is -0.159. The molecule has 0 bridgehead atoms. The summed E-state index contributed by atoms with van der Waals surface area (Å²) in [6.07, 6.45) is 2.18. The Labute approximate surface area is 109 Å². The SMILES string of the molecule is CC(=O)c1ccc(CNc2ncc(F)cn2)nc1C. The molecule has 5 nitrogen and oxygen atoms in total. The van der Waals surface area contributed by atoms with E-state index in [9.17, 15) is 9.18 Å². The molecule has 0 saturated carbocycles. The van der Waals surface area contributed by atoms with Crippen molar-refractivity contribution in [3.05, 3.63) is 47.3 Å². The number of pyridine rings is 1. The Bertz CT molecular complexity index is 598. The van der Waals surface area contributed by atoms with Crippen LogP contribution in [-0.2, 0) is 6.54 Å². The monoisotopic (exact) mass is 260 g/mol. The molecule has 0 unspecified atom stereocenters. The second kappa shape index (κ2) is 5.51. The smallest absolute Gasteiger partial charge is 0.223 e. The van der Waals surface area contributed by atoms with Gasteiger partial charge in [-0.3, -0.25) is 9.78 Å². The molecule has 2 heterocycles. The molecule has 1 N–H and O–H groups in total. The first-order valence-corrected chi connectivity index (χ1v) is 5.75. The van der Waals surface area contributed by atoms with Crippen molar-refractivity contribution in [3.63, 3.8) is 0 Å². The molecule has 0 aliphatic heterocycles. The maximum absolute atomic E-state index is 12.6. The standard InChI is InChI=1S/C13H13FN4O/c1-8-12(9(2)19)4-3-11(18-8)7-17-13-15-5-10(14)6-16-13/h3-6H,7H2,1-2H3,(H,15,16,17). The molecule has 6 heteroatoms. The summed E-state index contributed by atoms with van der Waals surface area (Å²) in [7, 11) is 0. The van der Waals surface area contributed by atoms with Crippen molar-refractivity contribution in [1.29, 1.82) is 0 Å². The molecule has 2 aromatic heterocycles. The fourth-order valence-electron chi connectivity index (χ4n) is 1.66. The maximum atomic E-state index is 12.6. The first kappa shape index (κ1) is 13.1. The lowest BCUT2D eigenvalue weighted by Gasteiger charge is -2.06. The van der Waals surface area contributed by atoms with Crippen LogP contribution in [0.25, 0.3) is 0 Å². The summed E-state index contributed by atoms with van der Waals surface area (Å²) in [6, 6.07) is 3.51. The molecular weight excluding hydrogens is 247 g/mol. The van der Waals surface area contributed by atoms with E-state index >= 15 is 0 Å². The Kier molecular flexibility index (Phi) is 3.79. The van der Waals surface area contributed by atoms with E-state index in [1.54, 1.807) is 19.1 Å². The topological polar surface area (TPSA) is 67.8 Å². The second-order valence-electron chi connectivity index (χ2n) is 4.07. The number of Topliss-reactive ketones (excluding diaryl/α,β-unsaturated/α-hetero) is 1. The van der Waals surface area contributed by atoms with Crippen molar-refractivity contribution in [2.75, 3.05) is 5.32 Å². The Hall–Kier alpha value is -2.37. The summed E-state index contributed by atoms with van der Waals surface area (Å²) in [4.78, 5) is 23.2. The van der Waals surface area contributed by atoms with Crippen molar-refractivity contribution >= 4 is 11.7 Å². The highest BCUT2D eigenvalue weighted by molar-refractivity contribution is 5.95. The number of ketones is 1. The quantitative estimate of drug-likeness (QED) is 0.853. The fourth-order valence-corrected chi connectivity index (χ4v) is 1.66. The third-order valence-electron chi connectivity index (χ3n) is 2.57. The normalized spacial score (nSPS) is 10.3. The van der Waals surface area contributed by atoms with Gasteiger partial charge in [-0.1, -0.05) is 0 Å².